The summed E-state index contributed by atoms with van der Waals surface area (Å²) in [5, 5.41) is 16.7. The van der Waals surface area contributed by atoms with Crippen molar-refractivity contribution in [1.82, 2.24) is 45.3 Å². The minimum atomic E-state index is -4.99. The predicted molar refractivity (Wildman–Crippen MR) is 216 cm³/mol. The van der Waals surface area contributed by atoms with E-state index in [1.165, 1.54) is 24.8 Å². The van der Waals surface area contributed by atoms with Crippen LogP contribution in [0.25, 0.3) is 0 Å². The van der Waals surface area contributed by atoms with Crippen LogP contribution >= 0.6 is 0 Å². The van der Waals surface area contributed by atoms with E-state index in [1.807, 2.05) is 0 Å². The molecule has 9 rings (SSSR count). The van der Waals surface area contributed by atoms with Gasteiger partial charge in [-0.2, -0.15) is 36.5 Å². The third kappa shape index (κ3) is 9.74. The number of hydrogen-bond acceptors (Lipinski definition) is 6. The van der Waals surface area contributed by atoms with Gasteiger partial charge in [-0.3, -0.25) is 24.7 Å². The molecule has 3 N–H and O–H groups in total. The highest BCUT2D eigenvalue weighted by Gasteiger charge is 2.43. The van der Waals surface area contributed by atoms with E-state index in [0.717, 1.165) is 61.4 Å². The van der Waals surface area contributed by atoms with Crippen LogP contribution in [0.1, 0.15) is 116 Å². The number of piperidine rings is 2. The van der Waals surface area contributed by atoms with E-state index in [0.29, 0.717) is 29.9 Å². The molecular formula is C44H47F10N9O3. The van der Waals surface area contributed by atoms with E-state index < -0.39 is 64.1 Å². The van der Waals surface area contributed by atoms with Gasteiger partial charge in [0, 0.05) is 76.6 Å². The minimum Gasteiger partial charge on any atom is -0.341 e. The number of rotatable bonds is 6. The van der Waals surface area contributed by atoms with E-state index in [1.54, 1.807) is 9.80 Å². The lowest BCUT2D eigenvalue weighted by molar-refractivity contribution is -0.142. The molecule has 66 heavy (non-hydrogen) atoms. The first-order valence-electron chi connectivity index (χ1n) is 21.8. The minimum absolute atomic E-state index is 0.130. The average molecular weight is 940 g/mol. The number of carbonyl (C=O) groups excluding carboxylic acids is 3. The first-order valence-corrected chi connectivity index (χ1v) is 21.8. The Morgan fingerprint density at radius 2 is 1.18 bits per heavy atom. The standard InChI is InChI=1S/C23H25F5N4O.C21H22F5N5O2/c24-17-4-3-15(19(20(17)25)23(26,27)28)14-5-9-32(10-6-14)22(33)21-16-7-8-31(11-13-1-2-13)12-18(16)29-30-21;1-27-20(33)31-7-4-13-16(10-31)28-29-18(13)19(32)30-5-2-11(3-6-30)14-8-12(22)9-15(23)17(14)21(24,25)26/h3-4,13-14H,1-2,5-12H2,(H,29,30);8-9,11H,2-7,10H2,1H3,(H,27,33)(H,28,29). The number of amides is 4. The zero-order valence-corrected chi connectivity index (χ0v) is 35.7. The predicted octanol–water partition coefficient (Wildman–Crippen LogP) is 7.92. The summed E-state index contributed by atoms with van der Waals surface area (Å²) < 4.78 is 135. The number of aromatic amines is 2. The number of alkyl halides is 6. The maximum Gasteiger partial charge on any atom is 0.419 e. The van der Waals surface area contributed by atoms with Crippen molar-refractivity contribution in [2.45, 2.75) is 88.6 Å². The van der Waals surface area contributed by atoms with Gasteiger partial charge in [-0.05, 0) is 92.4 Å². The van der Waals surface area contributed by atoms with Crippen molar-refractivity contribution < 1.29 is 58.3 Å². The van der Waals surface area contributed by atoms with Crippen LogP contribution in [-0.4, -0.2) is 111 Å². The van der Waals surface area contributed by atoms with E-state index >= 15 is 0 Å². The molecule has 12 nitrogen and oxygen atoms in total. The molecule has 0 atom stereocenters. The Morgan fingerprint density at radius 3 is 1.71 bits per heavy atom. The van der Waals surface area contributed by atoms with Crippen LogP contribution in [0.2, 0.25) is 0 Å². The molecule has 4 aromatic rings. The van der Waals surface area contributed by atoms with E-state index in [4.69, 9.17) is 0 Å². The van der Waals surface area contributed by atoms with Gasteiger partial charge in [0.15, 0.2) is 23.0 Å². The highest BCUT2D eigenvalue weighted by molar-refractivity contribution is 5.95. The molecule has 356 valence electrons. The summed E-state index contributed by atoms with van der Waals surface area (Å²) in [6.07, 6.45) is -5.46. The molecule has 2 aromatic carbocycles. The molecule has 1 aliphatic carbocycles. The SMILES string of the molecule is CNC(=O)N1CCc2c(C(=O)N3CCC(c4cc(F)cc(F)c4C(F)(F)F)CC3)n[nH]c2C1.O=C(c1n[nH]c2c1CCN(CC1CC1)C2)N1CCC(c2ccc(F)c(F)c2C(F)(F)F)CC1. The Bertz CT molecular complexity index is 2470. The van der Waals surface area contributed by atoms with Crippen molar-refractivity contribution in [3.63, 3.8) is 0 Å². The number of halogens is 10. The summed E-state index contributed by atoms with van der Waals surface area (Å²) in [5.41, 5.74) is 0.221. The molecule has 0 spiro atoms. The van der Waals surface area contributed by atoms with Crippen LogP contribution in [0, 0.1) is 29.2 Å². The molecule has 4 amide bonds. The lowest BCUT2D eigenvalue weighted by atomic mass is 9.85. The third-order valence-electron chi connectivity index (χ3n) is 13.3. The number of carbonyl (C=O) groups is 3. The third-order valence-corrected chi connectivity index (χ3v) is 13.3. The zero-order valence-electron chi connectivity index (χ0n) is 35.7. The molecule has 2 saturated heterocycles. The van der Waals surface area contributed by atoms with Crippen molar-refractivity contribution in [3.05, 3.63) is 104 Å². The number of aromatic nitrogens is 4. The Morgan fingerprint density at radius 1 is 0.652 bits per heavy atom. The van der Waals surface area contributed by atoms with Gasteiger partial charge >= 0.3 is 18.4 Å². The fourth-order valence-corrected chi connectivity index (χ4v) is 9.69. The summed E-state index contributed by atoms with van der Waals surface area (Å²) in [6, 6.07) is 2.48. The maximum atomic E-state index is 14.0. The fraction of sp³-hybridized carbons (Fsp3) is 0.523. The number of fused-ring (bicyclic) bond motifs is 2. The van der Waals surface area contributed by atoms with Gasteiger partial charge in [0.2, 0.25) is 0 Å². The van der Waals surface area contributed by atoms with Crippen molar-refractivity contribution in [3.8, 4) is 0 Å². The average Bonchev–Trinajstić information content (AvgIpc) is 3.84. The number of H-pyrrole nitrogens is 2. The van der Waals surface area contributed by atoms with Gasteiger partial charge in [0.1, 0.15) is 11.6 Å². The van der Waals surface area contributed by atoms with Crippen LogP contribution in [-0.2, 0) is 38.3 Å². The molecule has 0 radical (unpaired) electrons. The van der Waals surface area contributed by atoms with E-state index in [9.17, 15) is 58.3 Å². The quantitative estimate of drug-likeness (QED) is 0.169. The number of benzene rings is 2. The first kappa shape index (κ1) is 46.8. The second-order valence-electron chi connectivity index (χ2n) is 17.5. The van der Waals surface area contributed by atoms with Gasteiger partial charge in [-0.25, -0.2) is 22.4 Å². The molecule has 0 unspecified atom stereocenters. The van der Waals surface area contributed by atoms with Gasteiger partial charge in [-0.15, -0.1) is 0 Å². The van der Waals surface area contributed by atoms with Crippen molar-refractivity contribution in [1.29, 1.82) is 0 Å². The molecular weight excluding hydrogens is 893 g/mol. The van der Waals surface area contributed by atoms with Gasteiger partial charge in [0.25, 0.3) is 11.8 Å². The van der Waals surface area contributed by atoms with Crippen molar-refractivity contribution in [2.75, 3.05) is 52.9 Å². The maximum absolute atomic E-state index is 14.0. The summed E-state index contributed by atoms with van der Waals surface area (Å²) in [4.78, 5) is 45.0. The van der Waals surface area contributed by atoms with Crippen LogP contribution in [0.3, 0.4) is 0 Å². The molecule has 2 aromatic heterocycles. The Balaban J connectivity index is 0.000000179. The number of hydrogen-bond donors (Lipinski definition) is 3. The van der Waals surface area contributed by atoms with E-state index in [-0.39, 0.29) is 93.6 Å². The Kier molecular flexibility index (Phi) is 13.2. The van der Waals surface area contributed by atoms with E-state index in [2.05, 4.69) is 30.6 Å². The van der Waals surface area contributed by atoms with Gasteiger partial charge in [-0.1, -0.05) is 6.07 Å². The van der Waals surface area contributed by atoms with Crippen LogP contribution in [0.4, 0.5) is 48.7 Å². The largest absolute Gasteiger partial charge is 0.419 e. The van der Waals surface area contributed by atoms with Crippen LogP contribution in [0.15, 0.2) is 24.3 Å². The topological polar surface area (TPSA) is 134 Å². The molecule has 0 bridgehead atoms. The summed E-state index contributed by atoms with van der Waals surface area (Å²) in [7, 11) is 1.53. The van der Waals surface area contributed by atoms with Crippen LogP contribution in [0.5, 0.6) is 0 Å². The number of nitrogens with one attached hydrogen (secondary N) is 3. The highest BCUT2D eigenvalue weighted by atomic mass is 19.4. The molecule has 22 heteroatoms. The Labute approximate surface area is 372 Å². The Hall–Kier alpha value is -5.67. The lowest BCUT2D eigenvalue weighted by Crippen LogP contribution is -2.42. The molecule has 4 aliphatic heterocycles. The number of nitrogens with zero attached hydrogens (tertiary/aromatic N) is 6. The van der Waals surface area contributed by atoms with Gasteiger partial charge in [0.05, 0.1) is 29.1 Å². The van der Waals surface area contributed by atoms with Crippen molar-refractivity contribution >= 4 is 17.8 Å². The molecule has 1 saturated carbocycles. The molecule has 6 heterocycles. The molecule has 3 fully saturated rings. The lowest BCUT2D eigenvalue weighted by Gasteiger charge is -2.33. The highest BCUT2D eigenvalue weighted by Crippen LogP contribution is 2.43. The fourth-order valence-electron chi connectivity index (χ4n) is 9.69. The normalized spacial score (nSPS) is 18.7. The second-order valence-corrected chi connectivity index (χ2v) is 17.5. The molecule has 5 aliphatic rings. The number of likely N-dealkylation sites (tertiary alicyclic amines) is 2. The monoisotopic (exact) mass is 939 g/mol. The second kappa shape index (κ2) is 18.5. The summed E-state index contributed by atoms with van der Waals surface area (Å²) in [5.74, 6) is -7.23. The summed E-state index contributed by atoms with van der Waals surface area (Å²) in [6.45, 7) is 4.11. The van der Waals surface area contributed by atoms with Crippen molar-refractivity contribution in [2.24, 2.45) is 5.92 Å². The zero-order chi connectivity index (χ0) is 47.2. The smallest absolute Gasteiger partial charge is 0.341 e. The summed E-state index contributed by atoms with van der Waals surface area (Å²) >= 11 is 0. The number of urea groups is 1. The first-order chi connectivity index (χ1) is 31.3. The van der Waals surface area contributed by atoms with Crippen LogP contribution < -0.4 is 5.32 Å². The van der Waals surface area contributed by atoms with Gasteiger partial charge < -0.3 is 20.0 Å².